The quantitative estimate of drug-likeness (QED) is 0.917. The first-order chi connectivity index (χ1) is 9.91. The van der Waals surface area contributed by atoms with Crippen LogP contribution in [0.2, 0.25) is 0 Å². The maximum absolute atomic E-state index is 12.8. The lowest BCUT2D eigenvalue weighted by atomic mass is 10.0. The lowest BCUT2D eigenvalue weighted by Gasteiger charge is -2.34. The number of hydrogen-bond donors (Lipinski definition) is 1. The zero-order valence-corrected chi connectivity index (χ0v) is 13.3. The second-order valence-corrected chi connectivity index (χ2v) is 6.64. The van der Waals surface area contributed by atoms with E-state index in [4.69, 9.17) is 9.63 Å². The highest BCUT2D eigenvalue weighted by molar-refractivity contribution is 7.99. The summed E-state index contributed by atoms with van der Waals surface area (Å²) in [7, 11) is 0. The molecule has 1 N–H and O–H groups in total. The van der Waals surface area contributed by atoms with Gasteiger partial charge in [0.1, 0.15) is 5.56 Å². The highest BCUT2D eigenvalue weighted by Crippen LogP contribution is 2.27. The van der Waals surface area contributed by atoms with E-state index in [2.05, 4.69) is 5.16 Å². The molecule has 0 aliphatic carbocycles. The highest BCUT2D eigenvalue weighted by Gasteiger charge is 2.33. The average Bonchev–Trinajstić information content (AvgIpc) is 2.80. The largest absolute Gasteiger partial charge is 0.481 e. The van der Waals surface area contributed by atoms with Crippen LogP contribution in [-0.4, -0.2) is 51.1 Å². The number of carboxylic acid groups (broad SMARTS) is 1. The summed E-state index contributed by atoms with van der Waals surface area (Å²) in [6.45, 7) is 6.19. The van der Waals surface area contributed by atoms with Crippen molar-refractivity contribution in [3.63, 3.8) is 0 Å². The fourth-order valence-electron chi connectivity index (χ4n) is 2.48. The molecule has 1 saturated heterocycles. The maximum Gasteiger partial charge on any atom is 0.305 e. The number of aryl methyl sites for hydroxylation is 1. The highest BCUT2D eigenvalue weighted by atomic mass is 32.2. The minimum atomic E-state index is -0.883. The smallest absolute Gasteiger partial charge is 0.305 e. The van der Waals surface area contributed by atoms with Crippen LogP contribution in [0.1, 0.15) is 48.0 Å². The SMILES string of the molecule is Cc1noc(C(C)C)c1C(=O)N1CCSCC1CC(=O)O. The van der Waals surface area contributed by atoms with Gasteiger partial charge < -0.3 is 14.5 Å². The van der Waals surface area contributed by atoms with E-state index in [-0.39, 0.29) is 24.3 Å². The Labute approximate surface area is 127 Å². The summed E-state index contributed by atoms with van der Waals surface area (Å²) in [5.74, 6) is 1.06. The maximum atomic E-state index is 12.8. The van der Waals surface area contributed by atoms with Crippen molar-refractivity contribution in [2.75, 3.05) is 18.1 Å². The number of aliphatic carboxylic acids is 1. The van der Waals surface area contributed by atoms with E-state index in [1.54, 1.807) is 23.6 Å². The molecule has 1 amide bonds. The van der Waals surface area contributed by atoms with Crippen LogP contribution in [0.5, 0.6) is 0 Å². The molecular weight excluding hydrogens is 292 g/mol. The Hall–Kier alpha value is -1.50. The van der Waals surface area contributed by atoms with Crippen LogP contribution in [0.4, 0.5) is 0 Å². The molecule has 2 rings (SSSR count). The van der Waals surface area contributed by atoms with E-state index < -0.39 is 5.97 Å². The molecular formula is C14H20N2O4S. The summed E-state index contributed by atoms with van der Waals surface area (Å²) in [6.07, 6.45) is -0.0277. The average molecular weight is 312 g/mol. The molecule has 116 valence electrons. The van der Waals surface area contributed by atoms with E-state index in [0.717, 1.165) is 5.75 Å². The number of carbonyl (C=O) groups excluding carboxylic acids is 1. The molecule has 1 fully saturated rings. The zero-order chi connectivity index (χ0) is 15.6. The first-order valence-corrected chi connectivity index (χ1v) is 8.14. The van der Waals surface area contributed by atoms with E-state index >= 15 is 0 Å². The van der Waals surface area contributed by atoms with Gasteiger partial charge in [-0.1, -0.05) is 19.0 Å². The Kier molecular flexibility index (Phi) is 4.92. The van der Waals surface area contributed by atoms with Crippen molar-refractivity contribution in [2.24, 2.45) is 0 Å². The van der Waals surface area contributed by atoms with Gasteiger partial charge in [-0.05, 0) is 6.92 Å². The van der Waals surface area contributed by atoms with Gasteiger partial charge in [-0.15, -0.1) is 0 Å². The lowest BCUT2D eigenvalue weighted by Crippen LogP contribution is -2.47. The van der Waals surface area contributed by atoms with Gasteiger partial charge in [0.25, 0.3) is 5.91 Å². The Balaban J connectivity index is 2.29. The lowest BCUT2D eigenvalue weighted by molar-refractivity contribution is -0.138. The normalized spacial score (nSPS) is 19.0. The summed E-state index contributed by atoms with van der Waals surface area (Å²) >= 11 is 1.68. The van der Waals surface area contributed by atoms with Crippen molar-refractivity contribution in [1.29, 1.82) is 0 Å². The van der Waals surface area contributed by atoms with Crippen LogP contribution in [0, 0.1) is 6.92 Å². The van der Waals surface area contributed by atoms with Gasteiger partial charge in [0, 0.05) is 24.0 Å². The van der Waals surface area contributed by atoms with Crippen LogP contribution in [0.15, 0.2) is 4.52 Å². The number of thioether (sulfide) groups is 1. The molecule has 1 atom stereocenters. The fraction of sp³-hybridized carbons (Fsp3) is 0.643. The molecule has 0 radical (unpaired) electrons. The topological polar surface area (TPSA) is 83.6 Å². The molecule has 21 heavy (non-hydrogen) atoms. The predicted octanol–water partition coefficient (Wildman–Crippen LogP) is 2.14. The minimum absolute atomic E-state index is 0.0277. The zero-order valence-electron chi connectivity index (χ0n) is 12.5. The summed E-state index contributed by atoms with van der Waals surface area (Å²) in [4.78, 5) is 25.5. The van der Waals surface area contributed by atoms with Crippen LogP contribution in [-0.2, 0) is 4.79 Å². The summed E-state index contributed by atoms with van der Waals surface area (Å²) in [6, 6.07) is -0.275. The van der Waals surface area contributed by atoms with Gasteiger partial charge >= 0.3 is 5.97 Å². The third-order valence-corrected chi connectivity index (χ3v) is 4.62. The molecule has 2 heterocycles. The molecule has 0 aromatic carbocycles. The van der Waals surface area contributed by atoms with Gasteiger partial charge in [-0.3, -0.25) is 9.59 Å². The minimum Gasteiger partial charge on any atom is -0.481 e. The number of hydrogen-bond acceptors (Lipinski definition) is 5. The second kappa shape index (κ2) is 6.51. The van der Waals surface area contributed by atoms with Crippen molar-refractivity contribution in [3.05, 3.63) is 17.0 Å². The van der Waals surface area contributed by atoms with Crippen molar-refractivity contribution in [1.82, 2.24) is 10.1 Å². The van der Waals surface area contributed by atoms with Crippen molar-refractivity contribution in [3.8, 4) is 0 Å². The molecule has 1 unspecified atom stereocenters. The number of carbonyl (C=O) groups is 2. The molecule has 7 heteroatoms. The Morgan fingerprint density at radius 3 is 2.86 bits per heavy atom. The first-order valence-electron chi connectivity index (χ1n) is 6.98. The molecule has 1 aliphatic heterocycles. The summed E-state index contributed by atoms with van der Waals surface area (Å²) in [5.41, 5.74) is 1.06. The second-order valence-electron chi connectivity index (χ2n) is 5.49. The molecule has 0 bridgehead atoms. The molecule has 1 aromatic rings. The van der Waals surface area contributed by atoms with Crippen LogP contribution < -0.4 is 0 Å². The fourth-order valence-corrected chi connectivity index (χ4v) is 3.54. The summed E-state index contributed by atoms with van der Waals surface area (Å²) in [5, 5.41) is 12.9. The Morgan fingerprint density at radius 2 is 2.24 bits per heavy atom. The van der Waals surface area contributed by atoms with E-state index in [1.807, 2.05) is 13.8 Å². The number of carboxylic acids is 1. The van der Waals surface area contributed by atoms with Crippen LogP contribution in [0.25, 0.3) is 0 Å². The molecule has 0 saturated carbocycles. The van der Waals surface area contributed by atoms with Gasteiger partial charge in [-0.25, -0.2) is 0 Å². The third-order valence-electron chi connectivity index (χ3n) is 3.53. The van der Waals surface area contributed by atoms with E-state index in [9.17, 15) is 9.59 Å². The first kappa shape index (κ1) is 15.9. The number of aromatic nitrogens is 1. The third kappa shape index (κ3) is 3.40. The van der Waals surface area contributed by atoms with Gasteiger partial charge in [-0.2, -0.15) is 11.8 Å². The van der Waals surface area contributed by atoms with E-state index in [0.29, 0.717) is 29.3 Å². The van der Waals surface area contributed by atoms with Gasteiger partial charge in [0.2, 0.25) is 0 Å². The number of nitrogens with zero attached hydrogens (tertiary/aromatic N) is 2. The van der Waals surface area contributed by atoms with E-state index in [1.165, 1.54) is 0 Å². The van der Waals surface area contributed by atoms with Crippen LogP contribution >= 0.6 is 11.8 Å². The van der Waals surface area contributed by atoms with Gasteiger partial charge in [0.15, 0.2) is 5.76 Å². The number of amides is 1. The van der Waals surface area contributed by atoms with Crippen molar-refractivity contribution < 1.29 is 19.2 Å². The predicted molar refractivity (Wildman–Crippen MR) is 79.7 cm³/mol. The standard InChI is InChI=1S/C14H20N2O4S/c1-8(2)13-12(9(3)15-20-13)14(19)16-4-5-21-7-10(16)6-11(17)18/h8,10H,4-7H2,1-3H3,(H,17,18). The molecule has 0 spiro atoms. The monoisotopic (exact) mass is 312 g/mol. The van der Waals surface area contributed by atoms with Crippen LogP contribution in [0.3, 0.4) is 0 Å². The molecule has 1 aliphatic rings. The Bertz CT molecular complexity index is 541. The molecule has 1 aromatic heterocycles. The van der Waals surface area contributed by atoms with Crippen molar-refractivity contribution >= 4 is 23.6 Å². The van der Waals surface area contributed by atoms with Gasteiger partial charge in [0.05, 0.1) is 18.2 Å². The summed E-state index contributed by atoms with van der Waals surface area (Å²) < 4.78 is 5.27. The number of rotatable bonds is 4. The van der Waals surface area contributed by atoms with Crippen molar-refractivity contribution in [2.45, 2.75) is 39.2 Å². The Morgan fingerprint density at radius 1 is 1.52 bits per heavy atom. The molecule has 6 nitrogen and oxygen atoms in total.